The van der Waals surface area contributed by atoms with Crippen LogP contribution in [0.5, 0.6) is 0 Å². The number of carboxylic acid groups (broad SMARTS) is 1. The summed E-state index contributed by atoms with van der Waals surface area (Å²) in [4.78, 5) is 36.9. The zero-order chi connectivity index (χ0) is 51.1. The summed E-state index contributed by atoms with van der Waals surface area (Å²) in [5.74, 6) is -11.1. The zero-order valence-corrected chi connectivity index (χ0v) is 37.7. The Morgan fingerprint density at radius 3 is 1.63 bits per heavy atom. The molecule has 370 valence electrons. The van der Waals surface area contributed by atoms with Gasteiger partial charge in [0.2, 0.25) is 0 Å². The molecule has 0 aliphatic carbocycles. The van der Waals surface area contributed by atoms with Crippen LogP contribution in [-0.4, -0.2) is 85.8 Å². The molecule has 9 rings (SSSR count). The van der Waals surface area contributed by atoms with Gasteiger partial charge in [-0.15, -0.1) is 0 Å². The van der Waals surface area contributed by atoms with Crippen molar-refractivity contribution in [3.8, 4) is 22.5 Å². The summed E-state index contributed by atoms with van der Waals surface area (Å²) in [6, 6.07) is 23.0. The molecule has 2 aromatic heterocycles. The lowest BCUT2D eigenvalue weighted by Crippen LogP contribution is -2.40. The summed E-state index contributed by atoms with van der Waals surface area (Å²) in [7, 11) is 3.26. The van der Waals surface area contributed by atoms with E-state index in [9.17, 15) is 49.5 Å². The number of hydrogen-bond donors (Lipinski definition) is 4. The van der Waals surface area contributed by atoms with E-state index in [0.29, 0.717) is 48.7 Å². The number of carbonyl (C=O) groups excluding carboxylic acids is 2. The van der Waals surface area contributed by atoms with E-state index in [-0.39, 0.29) is 35.6 Å². The molecule has 4 heterocycles. The van der Waals surface area contributed by atoms with Crippen molar-refractivity contribution in [2.24, 2.45) is 19.8 Å². The fraction of sp³-hybridized carbons (Fsp3) is 0.220. The van der Waals surface area contributed by atoms with Crippen LogP contribution in [-0.2, 0) is 25.4 Å². The Balaban J connectivity index is 0.000000163. The van der Waals surface area contributed by atoms with Gasteiger partial charge < -0.3 is 31.1 Å². The van der Waals surface area contributed by atoms with Crippen LogP contribution in [0.2, 0.25) is 0 Å². The van der Waals surface area contributed by atoms with Crippen molar-refractivity contribution in [1.82, 2.24) is 35.1 Å². The number of carbonyl (C=O) groups is 3. The molecule has 2 aliphatic rings. The van der Waals surface area contributed by atoms with Crippen LogP contribution in [0.4, 0.5) is 39.9 Å². The summed E-state index contributed by atoms with van der Waals surface area (Å²) in [5, 5.41) is 22.1. The highest BCUT2D eigenvalue weighted by Crippen LogP contribution is 2.30. The van der Waals surface area contributed by atoms with Crippen LogP contribution in [0.25, 0.3) is 22.5 Å². The van der Waals surface area contributed by atoms with Crippen LogP contribution in [0, 0.1) is 46.5 Å². The number of amides is 2. The first-order chi connectivity index (χ1) is 33.9. The first-order valence-corrected chi connectivity index (χ1v) is 21.7. The molecule has 21 heteroatoms. The van der Waals surface area contributed by atoms with Crippen molar-refractivity contribution in [3.63, 3.8) is 0 Å². The maximum absolute atomic E-state index is 14.6. The zero-order valence-electron chi connectivity index (χ0n) is 37.7. The number of halogens is 8. The van der Waals surface area contributed by atoms with E-state index in [4.69, 9.17) is 15.6 Å². The van der Waals surface area contributed by atoms with Gasteiger partial charge in [0.1, 0.15) is 41.0 Å². The number of aryl methyl sites for hydroxylation is 2. The minimum Gasteiger partial charge on any atom is -0.477 e. The first kappa shape index (κ1) is 51.0. The predicted octanol–water partition coefficient (Wildman–Crippen LogP) is 8.22. The molecule has 2 unspecified atom stereocenters. The van der Waals surface area contributed by atoms with Gasteiger partial charge in [0.05, 0.1) is 11.4 Å². The van der Waals surface area contributed by atoms with Crippen molar-refractivity contribution in [1.29, 1.82) is 0 Å². The normalized spacial score (nSPS) is 17.2. The molecule has 2 fully saturated rings. The second-order valence-corrected chi connectivity index (χ2v) is 16.5. The summed E-state index contributed by atoms with van der Waals surface area (Å²) < 4.78 is 118. The van der Waals surface area contributed by atoms with Crippen molar-refractivity contribution < 1.29 is 59.4 Å². The second kappa shape index (κ2) is 22.2. The number of nitrogens with one attached hydrogen (secondary N) is 2. The maximum atomic E-state index is 14.6. The van der Waals surface area contributed by atoms with Gasteiger partial charge in [-0.05, 0) is 77.4 Å². The number of aromatic carboxylic acids is 1. The maximum Gasteiger partial charge on any atom is 0.410 e. The second-order valence-electron chi connectivity index (χ2n) is 16.5. The highest BCUT2D eigenvalue weighted by atomic mass is 19.2. The van der Waals surface area contributed by atoms with Crippen LogP contribution >= 0.6 is 0 Å². The Morgan fingerprint density at radius 2 is 1.15 bits per heavy atom. The average molecular weight is 989 g/mol. The largest absolute Gasteiger partial charge is 0.477 e. The fourth-order valence-electron chi connectivity index (χ4n) is 8.23. The number of ether oxygens (including phenoxy) is 1. The molecule has 71 heavy (non-hydrogen) atoms. The molecule has 0 saturated carbocycles. The fourth-order valence-corrected chi connectivity index (χ4v) is 8.23. The summed E-state index contributed by atoms with van der Waals surface area (Å²) in [6.07, 6.45) is 2.52. The minimum absolute atomic E-state index is 0.182. The van der Waals surface area contributed by atoms with Crippen molar-refractivity contribution in [2.75, 3.05) is 26.2 Å². The highest BCUT2D eigenvalue weighted by Gasteiger charge is 2.36. The van der Waals surface area contributed by atoms with Gasteiger partial charge in [-0.3, -0.25) is 14.2 Å². The Bertz CT molecular complexity index is 3020. The molecule has 4 atom stereocenters. The Labute approximate surface area is 400 Å². The molecule has 2 aliphatic heterocycles. The number of benzene rings is 5. The molecule has 5 aromatic carbocycles. The Morgan fingerprint density at radius 1 is 0.648 bits per heavy atom. The molecule has 2 amide bonds. The van der Waals surface area contributed by atoms with Gasteiger partial charge in [0, 0.05) is 87.7 Å². The Hall–Kier alpha value is -7.91. The number of aromatic nitrogens is 4. The van der Waals surface area contributed by atoms with Gasteiger partial charge in [0.15, 0.2) is 23.3 Å². The van der Waals surface area contributed by atoms with Crippen LogP contribution in [0.1, 0.15) is 49.2 Å². The molecule has 0 bridgehead atoms. The summed E-state index contributed by atoms with van der Waals surface area (Å²) in [6.45, 7) is 1.55. The van der Waals surface area contributed by atoms with Crippen LogP contribution in [0.15, 0.2) is 116 Å². The quantitative estimate of drug-likeness (QED) is 0.104. The molecule has 0 spiro atoms. The molecule has 7 aromatic rings. The molecular formula is C50H44F8N8O5. The lowest BCUT2D eigenvalue weighted by atomic mass is 9.93. The predicted molar refractivity (Wildman–Crippen MR) is 243 cm³/mol. The van der Waals surface area contributed by atoms with E-state index in [0.717, 1.165) is 54.1 Å². The van der Waals surface area contributed by atoms with Gasteiger partial charge in [-0.2, -0.15) is 10.2 Å². The van der Waals surface area contributed by atoms with E-state index in [2.05, 4.69) is 20.8 Å². The van der Waals surface area contributed by atoms with Gasteiger partial charge in [-0.1, -0.05) is 42.5 Å². The van der Waals surface area contributed by atoms with Crippen LogP contribution < -0.4 is 16.4 Å². The molecule has 13 nitrogen and oxygen atoms in total. The Kier molecular flexibility index (Phi) is 16.0. The number of nitrogens with zero attached hydrogens (tertiary/aromatic N) is 5. The lowest BCUT2D eigenvalue weighted by Gasteiger charge is -2.21. The van der Waals surface area contributed by atoms with E-state index in [1.807, 2.05) is 30.3 Å². The third-order valence-corrected chi connectivity index (χ3v) is 11.9. The average Bonchev–Trinajstić information content (AvgIpc) is 4.16. The summed E-state index contributed by atoms with van der Waals surface area (Å²) >= 11 is 0. The number of carboxylic acids is 1. The van der Waals surface area contributed by atoms with E-state index in [1.54, 1.807) is 26.2 Å². The molecular weight excluding hydrogens is 945 g/mol. The smallest absolute Gasteiger partial charge is 0.410 e. The monoisotopic (exact) mass is 988 g/mol. The summed E-state index contributed by atoms with van der Waals surface area (Å²) in [5.41, 5.74) is 7.88. The topological polar surface area (TPSA) is 170 Å². The third kappa shape index (κ3) is 11.9. The van der Waals surface area contributed by atoms with Gasteiger partial charge >= 0.3 is 12.1 Å². The van der Waals surface area contributed by atoms with Crippen molar-refractivity contribution in [2.45, 2.75) is 30.5 Å². The van der Waals surface area contributed by atoms with Gasteiger partial charge in [0.25, 0.3) is 5.91 Å². The van der Waals surface area contributed by atoms with Crippen LogP contribution in [0.3, 0.4) is 0 Å². The lowest BCUT2D eigenvalue weighted by molar-refractivity contribution is 0.0685. The standard InChI is InChI=1S/C21H18F4N4O.C18H18F2N2O2.C11H8F2N2O2/c1-29-19(4-5-27-29)12-7-16(24)20(17(25)8-12)21(30)28-18-10-26-9-13(18)11-2-3-14(22)15(23)6-11;19-15-7-6-13(8-16(15)20)14-9-22(10-17(14)21)18(23)24-11-12-4-2-1-3-5-12;1-15-9(2-3-14-15)6-4-7(12)10(11(16)17)8(13)5-6/h2-8,13,18,26H,9-10H2,1H3,(H,28,30);1-8,14,17H,9-11,21H2;2-5H,1H3,(H,16,17)/t;14-,17+;/m.0./s1. The molecule has 5 N–H and O–H groups in total. The number of rotatable bonds is 9. The number of likely N-dealkylation sites (tertiary alicyclic amines) is 1. The number of hydrogen-bond acceptors (Lipinski definition) is 8. The SMILES string of the molecule is Cn1nccc1-c1cc(F)c(C(=O)NC2CNCC2c2ccc(F)c(F)c2)c(F)c1.Cn1nccc1-c1cc(F)c(C(=O)O)c(F)c1.N[C@@H]1CN(C(=O)OCc2ccccc2)C[C@H]1c1ccc(F)c(F)c1. The first-order valence-electron chi connectivity index (χ1n) is 21.7. The number of nitrogens with two attached hydrogens (primary N) is 1. The molecule has 2 saturated heterocycles. The molecule has 0 radical (unpaired) electrons. The van der Waals surface area contributed by atoms with E-state index >= 15 is 0 Å². The third-order valence-electron chi connectivity index (χ3n) is 11.9. The van der Waals surface area contributed by atoms with Crippen molar-refractivity contribution in [3.05, 3.63) is 190 Å². The highest BCUT2D eigenvalue weighted by molar-refractivity contribution is 5.95. The van der Waals surface area contributed by atoms with E-state index in [1.165, 1.54) is 38.8 Å². The van der Waals surface area contributed by atoms with Gasteiger partial charge in [-0.25, -0.2) is 44.7 Å². The minimum atomic E-state index is -1.63. The van der Waals surface area contributed by atoms with Crippen molar-refractivity contribution >= 4 is 18.0 Å². The van der Waals surface area contributed by atoms with E-state index < -0.39 is 81.7 Å².